The lowest BCUT2D eigenvalue weighted by molar-refractivity contribution is -0.245. The fourth-order valence-corrected chi connectivity index (χ4v) is 5.81. The van der Waals surface area contributed by atoms with Gasteiger partial charge >= 0.3 is 5.97 Å². The first-order valence-electron chi connectivity index (χ1n) is 14.0. The maximum Gasteiger partial charge on any atom is 0.335 e. The molecular formula is C34H29N3O6S. The number of aromatic nitrogens is 2. The standard InChI is InChI=1S/C34H29N3O6S/c38-19-21-5-7-22(8-6-21)31-17-26(20-44-27-15-11-23(12-16-27)33(40)41)42-34(43-31)24-9-13-25(14-10-24)36-32(39)30-18-35-28-3-1-2-4-29(28)37-30/h1-16,18,26,31,34,38H,17,19-20H2,(H,36,39)(H,40,41)/t26-,31+,34+/m1/s1. The van der Waals surface area contributed by atoms with Gasteiger partial charge in [0.2, 0.25) is 0 Å². The fourth-order valence-electron chi connectivity index (χ4n) is 4.89. The summed E-state index contributed by atoms with van der Waals surface area (Å²) in [4.78, 5) is 33.7. The number of rotatable bonds is 9. The molecular weight excluding hydrogens is 578 g/mol. The number of hydrogen-bond acceptors (Lipinski definition) is 8. The Labute approximate surface area is 257 Å². The van der Waals surface area contributed by atoms with Crippen LogP contribution in [0.1, 0.15) is 56.4 Å². The van der Waals surface area contributed by atoms with Gasteiger partial charge in [-0.2, -0.15) is 0 Å². The number of para-hydroxylation sites is 2. The van der Waals surface area contributed by atoms with Crippen LogP contribution in [0.4, 0.5) is 5.69 Å². The first kappa shape index (κ1) is 29.5. The molecule has 5 aromatic rings. The van der Waals surface area contributed by atoms with E-state index >= 15 is 0 Å². The number of fused-ring (bicyclic) bond motifs is 1. The molecule has 4 aromatic carbocycles. The number of aliphatic hydroxyl groups is 1. The predicted octanol–water partition coefficient (Wildman–Crippen LogP) is 6.41. The van der Waals surface area contributed by atoms with Gasteiger partial charge in [0.1, 0.15) is 5.69 Å². The van der Waals surface area contributed by atoms with Crippen molar-refractivity contribution in [1.82, 2.24) is 9.97 Å². The molecule has 0 radical (unpaired) electrons. The highest BCUT2D eigenvalue weighted by Crippen LogP contribution is 2.39. The maximum atomic E-state index is 12.9. The summed E-state index contributed by atoms with van der Waals surface area (Å²) in [5.41, 5.74) is 5.03. The number of nitrogens with zero attached hydrogens (tertiary/aromatic N) is 2. The number of anilines is 1. The molecule has 3 N–H and O–H groups in total. The minimum absolute atomic E-state index is 0.0339. The second-order valence-corrected chi connectivity index (χ2v) is 11.4. The van der Waals surface area contributed by atoms with Crippen LogP contribution in [0.2, 0.25) is 0 Å². The quantitative estimate of drug-likeness (QED) is 0.163. The highest BCUT2D eigenvalue weighted by atomic mass is 32.2. The normalized spacial score (nSPS) is 18.2. The minimum Gasteiger partial charge on any atom is -0.478 e. The summed E-state index contributed by atoms with van der Waals surface area (Å²) in [7, 11) is 0. The highest BCUT2D eigenvalue weighted by molar-refractivity contribution is 7.99. The molecule has 10 heteroatoms. The molecule has 0 aliphatic carbocycles. The molecule has 1 fully saturated rings. The van der Waals surface area contributed by atoms with E-state index in [-0.39, 0.29) is 36.0 Å². The van der Waals surface area contributed by atoms with Gasteiger partial charge in [0, 0.05) is 28.3 Å². The summed E-state index contributed by atoms with van der Waals surface area (Å²) >= 11 is 1.59. The van der Waals surface area contributed by atoms with Gasteiger partial charge in [-0.05, 0) is 59.7 Å². The SMILES string of the molecule is O=C(O)c1ccc(SC[C@H]2C[C@@H](c3ccc(CO)cc3)O[C@@H](c3ccc(NC(=O)c4cnc5ccccc5n4)cc3)O2)cc1. The number of carbonyl (C=O) groups excluding carboxylic acids is 1. The number of carbonyl (C=O) groups is 2. The first-order chi connectivity index (χ1) is 21.4. The zero-order valence-corrected chi connectivity index (χ0v) is 24.3. The van der Waals surface area contributed by atoms with E-state index < -0.39 is 12.3 Å². The summed E-state index contributed by atoms with van der Waals surface area (Å²) in [6, 6.07) is 29.2. The van der Waals surface area contributed by atoms with E-state index in [9.17, 15) is 19.8 Å². The summed E-state index contributed by atoms with van der Waals surface area (Å²) in [5, 5.41) is 21.5. The number of aliphatic hydroxyl groups excluding tert-OH is 1. The van der Waals surface area contributed by atoms with Crippen molar-refractivity contribution in [3.05, 3.63) is 131 Å². The first-order valence-corrected chi connectivity index (χ1v) is 15.0. The Balaban J connectivity index is 1.16. The predicted molar refractivity (Wildman–Crippen MR) is 166 cm³/mol. The van der Waals surface area contributed by atoms with Gasteiger partial charge in [0.25, 0.3) is 5.91 Å². The van der Waals surface area contributed by atoms with E-state index in [1.54, 1.807) is 48.2 Å². The number of amides is 1. The van der Waals surface area contributed by atoms with Gasteiger partial charge < -0.3 is 25.0 Å². The van der Waals surface area contributed by atoms with Crippen molar-refractivity contribution in [3.63, 3.8) is 0 Å². The van der Waals surface area contributed by atoms with Crippen molar-refractivity contribution >= 4 is 40.4 Å². The summed E-state index contributed by atoms with van der Waals surface area (Å²) in [6.45, 7) is -0.0339. The average molecular weight is 608 g/mol. The number of nitrogens with one attached hydrogen (secondary N) is 1. The molecule has 44 heavy (non-hydrogen) atoms. The number of thioether (sulfide) groups is 1. The second-order valence-electron chi connectivity index (χ2n) is 10.3. The molecule has 1 aliphatic rings. The molecule has 0 unspecified atom stereocenters. The van der Waals surface area contributed by atoms with Crippen molar-refractivity contribution in [1.29, 1.82) is 0 Å². The third kappa shape index (κ3) is 6.95. The fraction of sp³-hybridized carbons (Fsp3) is 0.176. The largest absolute Gasteiger partial charge is 0.478 e. The molecule has 3 atom stereocenters. The molecule has 2 heterocycles. The van der Waals surface area contributed by atoms with E-state index in [4.69, 9.17) is 9.47 Å². The Morgan fingerprint density at radius 3 is 2.27 bits per heavy atom. The number of aromatic carboxylic acids is 1. The molecule has 1 aliphatic heterocycles. The molecule has 9 nitrogen and oxygen atoms in total. The number of hydrogen-bond donors (Lipinski definition) is 3. The molecule has 1 saturated heterocycles. The number of ether oxygens (including phenoxy) is 2. The molecule has 0 spiro atoms. The molecule has 1 amide bonds. The van der Waals surface area contributed by atoms with Crippen molar-refractivity contribution in [2.75, 3.05) is 11.1 Å². The lowest BCUT2D eigenvalue weighted by Crippen LogP contribution is -2.31. The van der Waals surface area contributed by atoms with Gasteiger partial charge in [0.05, 0.1) is 41.6 Å². The van der Waals surface area contributed by atoms with Crippen LogP contribution in [0, 0.1) is 0 Å². The van der Waals surface area contributed by atoms with Gasteiger partial charge in [0.15, 0.2) is 6.29 Å². The summed E-state index contributed by atoms with van der Waals surface area (Å²) in [5.74, 6) is -0.681. The third-order valence-corrected chi connectivity index (χ3v) is 8.42. The van der Waals surface area contributed by atoms with Crippen molar-refractivity contribution in [2.24, 2.45) is 0 Å². The minimum atomic E-state index is -0.958. The Hall–Kier alpha value is -4.61. The highest BCUT2D eigenvalue weighted by Gasteiger charge is 2.32. The molecule has 0 saturated carbocycles. The Kier molecular flexibility index (Phi) is 8.94. The number of carboxylic acid groups (broad SMARTS) is 1. The van der Waals surface area contributed by atoms with Crippen LogP contribution in [-0.4, -0.2) is 43.9 Å². The summed E-state index contributed by atoms with van der Waals surface area (Å²) < 4.78 is 12.8. The van der Waals surface area contributed by atoms with Gasteiger partial charge in [-0.25, -0.2) is 9.78 Å². The topological polar surface area (TPSA) is 131 Å². The third-order valence-electron chi connectivity index (χ3n) is 7.27. The van der Waals surface area contributed by atoms with E-state index in [0.29, 0.717) is 23.4 Å². The van der Waals surface area contributed by atoms with Crippen LogP contribution in [0.3, 0.4) is 0 Å². The lowest BCUT2D eigenvalue weighted by atomic mass is 10.0. The Morgan fingerprint density at radius 1 is 0.864 bits per heavy atom. The van der Waals surface area contributed by atoms with Crippen LogP contribution in [0.25, 0.3) is 11.0 Å². The second kappa shape index (κ2) is 13.4. The maximum absolute atomic E-state index is 12.9. The lowest BCUT2D eigenvalue weighted by Gasteiger charge is -2.36. The van der Waals surface area contributed by atoms with Crippen molar-refractivity contribution < 1.29 is 29.3 Å². The molecule has 222 valence electrons. The number of benzene rings is 4. The molecule has 0 bridgehead atoms. The Bertz CT molecular complexity index is 1760. The van der Waals surface area contributed by atoms with Crippen LogP contribution < -0.4 is 5.32 Å². The van der Waals surface area contributed by atoms with Crippen LogP contribution in [0.15, 0.2) is 108 Å². The van der Waals surface area contributed by atoms with E-state index in [0.717, 1.165) is 27.1 Å². The zero-order valence-electron chi connectivity index (χ0n) is 23.5. The van der Waals surface area contributed by atoms with Crippen molar-refractivity contribution in [2.45, 2.75) is 36.4 Å². The molecule has 1 aromatic heterocycles. The van der Waals surface area contributed by atoms with Crippen molar-refractivity contribution in [3.8, 4) is 0 Å². The van der Waals surface area contributed by atoms with Crippen LogP contribution in [0.5, 0.6) is 0 Å². The summed E-state index contributed by atoms with van der Waals surface area (Å²) in [6.07, 6.45) is 1.03. The Morgan fingerprint density at radius 2 is 1.57 bits per heavy atom. The monoisotopic (exact) mass is 607 g/mol. The van der Waals surface area contributed by atoms with Gasteiger partial charge in [-0.3, -0.25) is 9.78 Å². The smallest absolute Gasteiger partial charge is 0.335 e. The van der Waals surface area contributed by atoms with E-state index in [2.05, 4.69) is 15.3 Å². The average Bonchev–Trinajstić information content (AvgIpc) is 3.07. The molecule has 6 rings (SSSR count). The number of carboxylic acids is 1. The van der Waals surface area contributed by atoms with Gasteiger partial charge in [-0.1, -0.05) is 48.5 Å². The van der Waals surface area contributed by atoms with Crippen LogP contribution >= 0.6 is 11.8 Å². The van der Waals surface area contributed by atoms with Gasteiger partial charge in [-0.15, -0.1) is 11.8 Å². The van der Waals surface area contributed by atoms with Crippen LogP contribution in [-0.2, 0) is 16.1 Å². The van der Waals surface area contributed by atoms with E-state index in [1.165, 1.54) is 6.20 Å². The van der Waals surface area contributed by atoms with E-state index in [1.807, 2.05) is 60.7 Å². The zero-order chi connectivity index (χ0) is 30.5.